The van der Waals surface area contributed by atoms with E-state index in [4.69, 9.17) is 23.2 Å². The topological polar surface area (TPSA) is 77.7 Å². The predicted octanol–water partition coefficient (Wildman–Crippen LogP) is 5.74. The lowest BCUT2D eigenvalue weighted by Gasteiger charge is -2.04. The minimum Gasteiger partial charge on any atom is -0.507 e. The number of hydrogen-bond donors (Lipinski definition) is 3. The molecule has 0 atom stereocenters. The molecular weight excluding hydrogens is 449 g/mol. The van der Waals surface area contributed by atoms with Crippen LogP contribution in [0, 0.1) is 0 Å². The van der Waals surface area contributed by atoms with Crippen molar-refractivity contribution in [3.63, 3.8) is 0 Å². The van der Waals surface area contributed by atoms with Crippen LogP contribution in [0.5, 0.6) is 11.5 Å². The number of rotatable bonds is 4. The van der Waals surface area contributed by atoms with Gasteiger partial charge in [0.15, 0.2) is 0 Å². The first-order valence-electron chi connectivity index (χ1n) is 6.85. The SMILES string of the molecule is Oc1ccc(Cl)cc1/C=N/Nc1nc(-c2cc(Cl)cc(Br)c2O)cs1. The van der Waals surface area contributed by atoms with Crippen LogP contribution in [0.3, 0.4) is 0 Å². The predicted molar refractivity (Wildman–Crippen MR) is 106 cm³/mol. The summed E-state index contributed by atoms with van der Waals surface area (Å²) in [5, 5.41) is 27.2. The standard InChI is InChI=1S/C16H10BrCl2N3O2S/c17-12-5-10(19)4-11(15(12)24)13-7-25-16(21-13)22-20-6-8-3-9(18)1-2-14(8)23/h1-7,23-24H,(H,21,22)/b20-6+. The average molecular weight is 459 g/mol. The Kier molecular flexibility index (Phi) is 5.48. The van der Waals surface area contributed by atoms with Gasteiger partial charge in [-0.2, -0.15) is 5.10 Å². The number of nitrogens with one attached hydrogen (secondary N) is 1. The summed E-state index contributed by atoms with van der Waals surface area (Å²) in [5.41, 5.74) is 4.33. The molecule has 3 aromatic rings. The molecule has 0 unspecified atom stereocenters. The number of anilines is 1. The zero-order valence-electron chi connectivity index (χ0n) is 12.4. The summed E-state index contributed by atoms with van der Waals surface area (Å²) in [7, 11) is 0. The van der Waals surface area contributed by atoms with E-state index >= 15 is 0 Å². The second-order valence-electron chi connectivity index (χ2n) is 4.89. The highest BCUT2D eigenvalue weighted by Gasteiger charge is 2.13. The van der Waals surface area contributed by atoms with Crippen LogP contribution in [-0.4, -0.2) is 21.4 Å². The van der Waals surface area contributed by atoms with Crippen LogP contribution in [0.1, 0.15) is 5.56 Å². The first kappa shape index (κ1) is 18.0. The molecule has 1 aromatic heterocycles. The molecule has 0 saturated carbocycles. The molecule has 0 radical (unpaired) electrons. The third-order valence-corrected chi connectivity index (χ3v) is 4.97. The van der Waals surface area contributed by atoms with Crippen LogP contribution < -0.4 is 5.43 Å². The monoisotopic (exact) mass is 457 g/mol. The number of benzene rings is 2. The Morgan fingerprint density at radius 3 is 2.76 bits per heavy atom. The third kappa shape index (κ3) is 4.24. The molecule has 3 N–H and O–H groups in total. The maximum Gasteiger partial charge on any atom is 0.203 e. The van der Waals surface area contributed by atoms with E-state index in [0.29, 0.717) is 36.5 Å². The Labute approximate surface area is 165 Å². The van der Waals surface area contributed by atoms with Gasteiger partial charge in [-0.15, -0.1) is 11.3 Å². The quantitative estimate of drug-likeness (QED) is 0.344. The Bertz CT molecular complexity index is 963. The summed E-state index contributed by atoms with van der Waals surface area (Å²) in [5.74, 6) is 0.136. The smallest absolute Gasteiger partial charge is 0.203 e. The second kappa shape index (κ2) is 7.61. The van der Waals surface area contributed by atoms with Crippen LogP contribution in [0.15, 0.2) is 45.3 Å². The van der Waals surface area contributed by atoms with Gasteiger partial charge in [0.25, 0.3) is 0 Å². The highest BCUT2D eigenvalue weighted by molar-refractivity contribution is 9.10. The molecule has 0 aliphatic rings. The van der Waals surface area contributed by atoms with Crippen molar-refractivity contribution in [2.75, 3.05) is 5.43 Å². The van der Waals surface area contributed by atoms with E-state index in [1.807, 2.05) is 0 Å². The molecular formula is C16H10BrCl2N3O2S. The van der Waals surface area contributed by atoms with E-state index in [2.05, 4.69) is 31.4 Å². The molecule has 3 rings (SSSR count). The van der Waals surface area contributed by atoms with E-state index in [-0.39, 0.29) is 11.5 Å². The maximum atomic E-state index is 10.1. The first-order chi connectivity index (χ1) is 11.9. The summed E-state index contributed by atoms with van der Waals surface area (Å²) in [4.78, 5) is 4.36. The van der Waals surface area contributed by atoms with Crippen molar-refractivity contribution in [3.05, 3.63) is 55.8 Å². The maximum absolute atomic E-state index is 10.1. The lowest BCUT2D eigenvalue weighted by molar-refractivity contribution is 0.473. The Morgan fingerprint density at radius 1 is 1.16 bits per heavy atom. The highest BCUT2D eigenvalue weighted by Crippen LogP contribution is 2.39. The normalized spacial score (nSPS) is 11.2. The van der Waals surface area contributed by atoms with Crippen molar-refractivity contribution in [1.82, 2.24) is 4.98 Å². The van der Waals surface area contributed by atoms with Gasteiger partial charge < -0.3 is 10.2 Å². The average Bonchev–Trinajstić information content (AvgIpc) is 3.03. The number of halogens is 3. The number of aromatic hydroxyl groups is 2. The van der Waals surface area contributed by atoms with Gasteiger partial charge in [0, 0.05) is 26.6 Å². The zero-order chi connectivity index (χ0) is 18.0. The minimum atomic E-state index is 0.0635. The van der Waals surface area contributed by atoms with E-state index < -0.39 is 0 Å². The van der Waals surface area contributed by atoms with Gasteiger partial charge >= 0.3 is 0 Å². The fourth-order valence-electron chi connectivity index (χ4n) is 2.00. The van der Waals surface area contributed by atoms with E-state index in [9.17, 15) is 10.2 Å². The summed E-state index contributed by atoms with van der Waals surface area (Å²) < 4.78 is 0.493. The number of phenolic OH excluding ortho intramolecular Hbond substituents is 2. The number of hydrazone groups is 1. The van der Waals surface area contributed by atoms with Gasteiger partial charge in [0.1, 0.15) is 11.5 Å². The molecule has 0 bridgehead atoms. The van der Waals surface area contributed by atoms with Crippen molar-refractivity contribution in [2.24, 2.45) is 5.10 Å². The minimum absolute atomic E-state index is 0.0635. The Balaban J connectivity index is 1.79. The molecule has 5 nitrogen and oxygen atoms in total. The van der Waals surface area contributed by atoms with Crippen LogP contribution in [0.25, 0.3) is 11.3 Å². The number of nitrogens with zero attached hydrogens (tertiary/aromatic N) is 2. The highest BCUT2D eigenvalue weighted by atomic mass is 79.9. The van der Waals surface area contributed by atoms with E-state index in [0.717, 1.165) is 0 Å². The van der Waals surface area contributed by atoms with Crippen LogP contribution in [-0.2, 0) is 0 Å². The number of aromatic nitrogens is 1. The molecule has 1 heterocycles. The fraction of sp³-hybridized carbons (Fsp3) is 0. The molecule has 0 spiro atoms. The van der Waals surface area contributed by atoms with Crippen molar-refractivity contribution < 1.29 is 10.2 Å². The van der Waals surface area contributed by atoms with Crippen molar-refractivity contribution in [1.29, 1.82) is 0 Å². The van der Waals surface area contributed by atoms with Crippen molar-refractivity contribution in [3.8, 4) is 22.8 Å². The van der Waals surface area contributed by atoms with Crippen LogP contribution >= 0.6 is 50.5 Å². The molecule has 0 aliphatic carbocycles. The van der Waals surface area contributed by atoms with Crippen molar-refractivity contribution >= 4 is 61.8 Å². The van der Waals surface area contributed by atoms with Gasteiger partial charge in [0.2, 0.25) is 5.13 Å². The van der Waals surface area contributed by atoms with E-state index in [1.54, 1.807) is 29.6 Å². The summed E-state index contributed by atoms with van der Waals surface area (Å²) in [6.07, 6.45) is 1.44. The van der Waals surface area contributed by atoms with Gasteiger partial charge in [0.05, 0.1) is 16.4 Å². The zero-order valence-corrected chi connectivity index (χ0v) is 16.3. The molecule has 0 aliphatic heterocycles. The first-order valence-corrected chi connectivity index (χ1v) is 9.28. The number of thiazole rings is 1. The summed E-state index contributed by atoms with van der Waals surface area (Å²) in [6.45, 7) is 0. The Morgan fingerprint density at radius 2 is 1.96 bits per heavy atom. The van der Waals surface area contributed by atoms with Crippen LogP contribution in [0.4, 0.5) is 5.13 Å². The van der Waals surface area contributed by atoms with Gasteiger partial charge in [-0.3, -0.25) is 5.43 Å². The lowest BCUT2D eigenvalue weighted by Crippen LogP contribution is -1.91. The van der Waals surface area contributed by atoms with Crippen LogP contribution in [0.2, 0.25) is 10.0 Å². The summed E-state index contributed by atoms with van der Waals surface area (Å²) >= 11 is 16.5. The molecule has 9 heteroatoms. The Hall–Kier alpha value is -1.80. The molecule has 0 fully saturated rings. The molecule has 0 saturated heterocycles. The lowest BCUT2D eigenvalue weighted by atomic mass is 10.1. The number of hydrogen-bond acceptors (Lipinski definition) is 6. The largest absolute Gasteiger partial charge is 0.507 e. The molecule has 0 amide bonds. The van der Waals surface area contributed by atoms with Gasteiger partial charge in [-0.25, -0.2) is 4.98 Å². The molecule has 2 aromatic carbocycles. The molecule has 128 valence electrons. The molecule has 25 heavy (non-hydrogen) atoms. The summed E-state index contributed by atoms with van der Waals surface area (Å²) in [6, 6.07) is 7.91. The van der Waals surface area contributed by atoms with Gasteiger partial charge in [-0.1, -0.05) is 23.2 Å². The second-order valence-corrected chi connectivity index (χ2v) is 7.48. The third-order valence-electron chi connectivity index (χ3n) is 3.16. The number of phenols is 2. The van der Waals surface area contributed by atoms with E-state index in [1.165, 1.54) is 23.6 Å². The fourth-order valence-corrected chi connectivity index (χ4v) is 3.65. The van der Waals surface area contributed by atoms with Crippen molar-refractivity contribution in [2.45, 2.75) is 0 Å². The van der Waals surface area contributed by atoms with Gasteiger partial charge in [-0.05, 0) is 46.3 Å².